The molecule has 0 aliphatic heterocycles. The quantitative estimate of drug-likeness (QED) is 0.305. The Morgan fingerprint density at radius 1 is 1.00 bits per heavy atom. The number of ether oxygens (including phenoxy) is 2. The van der Waals surface area contributed by atoms with Crippen molar-refractivity contribution in [3.05, 3.63) is 101 Å². The third-order valence-electron chi connectivity index (χ3n) is 6.75. The van der Waals surface area contributed by atoms with Crippen LogP contribution in [-0.4, -0.2) is 22.5 Å². The molecule has 0 radical (unpaired) electrons. The Morgan fingerprint density at radius 2 is 1.78 bits per heavy atom. The van der Waals surface area contributed by atoms with Gasteiger partial charge in [0, 0.05) is 16.6 Å². The van der Waals surface area contributed by atoms with Crippen LogP contribution in [0.2, 0.25) is 0 Å². The maximum Gasteiger partial charge on any atom is 0.309 e. The van der Waals surface area contributed by atoms with Crippen molar-refractivity contribution in [2.75, 3.05) is 0 Å². The van der Waals surface area contributed by atoms with E-state index in [1.54, 1.807) is 0 Å². The number of esters is 1. The molecule has 1 aliphatic carbocycles. The first-order valence-electron chi connectivity index (χ1n) is 12.6. The van der Waals surface area contributed by atoms with Gasteiger partial charge >= 0.3 is 5.97 Å². The zero-order chi connectivity index (χ0) is 25.2. The van der Waals surface area contributed by atoms with Crippen LogP contribution in [0.3, 0.4) is 0 Å². The molecule has 0 amide bonds. The van der Waals surface area contributed by atoms with Crippen molar-refractivity contribution in [2.24, 2.45) is 5.92 Å². The van der Waals surface area contributed by atoms with E-state index in [0.717, 1.165) is 39.0 Å². The third-order valence-corrected chi connectivity index (χ3v) is 6.75. The van der Waals surface area contributed by atoms with Gasteiger partial charge in [0.05, 0.1) is 17.5 Å². The highest BCUT2D eigenvalue weighted by molar-refractivity contribution is 6.04. The van der Waals surface area contributed by atoms with Crippen molar-refractivity contribution < 1.29 is 19.1 Å². The number of benzene rings is 3. The number of aryl methyl sites for hydroxylation is 1. The Morgan fingerprint density at radius 3 is 2.53 bits per heavy atom. The number of rotatable bonds is 6. The van der Waals surface area contributed by atoms with Crippen LogP contribution in [0.4, 0.5) is 0 Å². The van der Waals surface area contributed by atoms with Crippen LogP contribution >= 0.6 is 0 Å². The van der Waals surface area contributed by atoms with E-state index in [2.05, 4.69) is 0 Å². The molecule has 3 aromatic carbocycles. The second-order valence-electron chi connectivity index (χ2n) is 9.81. The molecule has 1 atom stereocenters. The van der Waals surface area contributed by atoms with Crippen molar-refractivity contribution in [3.63, 3.8) is 0 Å². The summed E-state index contributed by atoms with van der Waals surface area (Å²) in [7, 11) is 0. The van der Waals surface area contributed by atoms with Crippen molar-refractivity contribution in [1.82, 2.24) is 4.57 Å². The zero-order valence-electron chi connectivity index (χ0n) is 21.0. The molecule has 0 saturated heterocycles. The topological polar surface area (TPSA) is 57.5 Å². The fourth-order valence-electron chi connectivity index (χ4n) is 5.06. The molecule has 1 aliphatic rings. The molecule has 1 heterocycles. The van der Waals surface area contributed by atoms with E-state index in [1.807, 2.05) is 98.1 Å². The number of aromatic nitrogens is 1. The van der Waals surface area contributed by atoms with Crippen molar-refractivity contribution in [1.29, 1.82) is 0 Å². The molecule has 0 N–H and O–H groups in total. The third kappa shape index (κ3) is 4.78. The minimum Gasteiger partial charge on any atom is -0.491 e. The molecular weight excluding hydrogens is 450 g/mol. The van der Waals surface area contributed by atoms with Gasteiger partial charge in [-0.05, 0) is 81.5 Å². The Hall–Kier alpha value is -3.86. The Kier molecular flexibility index (Phi) is 6.64. The Bertz CT molecular complexity index is 1410. The summed E-state index contributed by atoms with van der Waals surface area (Å²) < 4.78 is 13.2. The largest absolute Gasteiger partial charge is 0.491 e. The molecular formula is C31H31NO4. The van der Waals surface area contributed by atoms with Gasteiger partial charge in [-0.3, -0.25) is 14.2 Å². The lowest BCUT2D eigenvalue weighted by Gasteiger charge is -2.22. The van der Waals surface area contributed by atoms with Crippen LogP contribution < -0.4 is 4.74 Å². The predicted octanol–water partition coefficient (Wildman–Crippen LogP) is 6.27. The monoisotopic (exact) mass is 481 g/mol. The number of carbonyl (C=O) groups is 2. The van der Waals surface area contributed by atoms with Crippen molar-refractivity contribution in [3.8, 4) is 5.75 Å². The Labute approximate surface area is 211 Å². The lowest BCUT2D eigenvalue weighted by Crippen LogP contribution is -2.26. The predicted molar refractivity (Wildman–Crippen MR) is 140 cm³/mol. The summed E-state index contributed by atoms with van der Waals surface area (Å²) in [6.07, 6.45) is 2.00. The number of nitrogens with zero attached hydrogens (tertiary/aromatic N) is 1. The van der Waals surface area contributed by atoms with E-state index in [0.29, 0.717) is 24.8 Å². The van der Waals surface area contributed by atoms with Crippen LogP contribution in [0.25, 0.3) is 10.9 Å². The normalized spacial score (nSPS) is 15.1. The summed E-state index contributed by atoms with van der Waals surface area (Å²) in [5, 5.41) is 1.03. The first-order chi connectivity index (χ1) is 17.4. The van der Waals surface area contributed by atoms with E-state index in [-0.39, 0.29) is 30.5 Å². The maximum atomic E-state index is 13.6. The van der Waals surface area contributed by atoms with E-state index in [9.17, 15) is 9.59 Å². The summed E-state index contributed by atoms with van der Waals surface area (Å²) >= 11 is 0. The van der Waals surface area contributed by atoms with Gasteiger partial charge in [-0.1, -0.05) is 48.0 Å². The van der Waals surface area contributed by atoms with E-state index in [1.165, 1.54) is 0 Å². The highest BCUT2D eigenvalue weighted by Gasteiger charge is 2.32. The van der Waals surface area contributed by atoms with Gasteiger partial charge in [-0.15, -0.1) is 0 Å². The van der Waals surface area contributed by atoms with Gasteiger partial charge in [-0.25, -0.2) is 0 Å². The molecule has 0 bridgehead atoms. The molecule has 0 spiro atoms. The number of para-hydroxylation sites is 1. The Balaban J connectivity index is 1.34. The first kappa shape index (κ1) is 23.9. The number of hydrogen-bond acceptors (Lipinski definition) is 4. The standard InChI is InChI=1S/C31H31NO4/c1-20(2)36-25-14-11-22(12-15-25)19-35-31(34)24-13-16-29-27(18-24)26-9-4-5-10-28(26)32(29)30(33)23-8-6-7-21(3)17-23/h4-12,14-15,17,20,24H,13,16,18-19H2,1-3H3. The van der Waals surface area contributed by atoms with E-state index >= 15 is 0 Å². The average molecular weight is 482 g/mol. The number of carbonyl (C=O) groups excluding carboxylic acids is 2. The summed E-state index contributed by atoms with van der Waals surface area (Å²) in [6.45, 7) is 6.20. The van der Waals surface area contributed by atoms with E-state index in [4.69, 9.17) is 9.47 Å². The minimum absolute atomic E-state index is 0.0259. The molecule has 1 unspecified atom stereocenters. The number of hydrogen-bond donors (Lipinski definition) is 0. The number of fused-ring (bicyclic) bond motifs is 3. The molecule has 0 fully saturated rings. The van der Waals surface area contributed by atoms with E-state index < -0.39 is 0 Å². The smallest absolute Gasteiger partial charge is 0.309 e. The van der Waals surface area contributed by atoms with Gasteiger partial charge in [0.1, 0.15) is 12.4 Å². The summed E-state index contributed by atoms with van der Waals surface area (Å²) in [5.41, 5.74) is 5.63. The first-order valence-corrected chi connectivity index (χ1v) is 12.6. The fourth-order valence-corrected chi connectivity index (χ4v) is 5.06. The van der Waals surface area contributed by atoms with Gasteiger partial charge in [0.2, 0.25) is 0 Å². The average Bonchev–Trinajstić information content (AvgIpc) is 3.21. The highest BCUT2D eigenvalue weighted by Crippen LogP contribution is 2.35. The lowest BCUT2D eigenvalue weighted by atomic mass is 9.86. The zero-order valence-corrected chi connectivity index (χ0v) is 21.0. The second kappa shape index (κ2) is 10.0. The molecule has 5 rings (SSSR count). The molecule has 5 heteroatoms. The summed E-state index contributed by atoms with van der Waals surface area (Å²) in [6, 6.07) is 23.3. The van der Waals surface area contributed by atoms with Crippen LogP contribution in [-0.2, 0) is 29.0 Å². The second-order valence-corrected chi connectivity index (χ2v) is 9.81. The van der Waals surface area contributed by atoms with Gasteiger partial charge < -0.3 is 9.47 Å². The van der Waals surface area contributed by atoms with Crippen molar-refractivity contribution in [2.45, 2.75) is 52.7 Å². The van der Waals surface area contributed by atoms with Crippen LogP contribution in [0.1, 0.15) is 53.0 Å². The van der Waals surface area contributed by atoms with Crippen LogP contribution in [0, 0.1) is 12.8 Å². The molecule has 36 heavy (non-hydrogen) atoms. The lowest BCUT2D eigenvalue weighted by molar-refractivity contribution is -0.150. The van der Waals surface area contributed by atoms with Crippen LogP contribution in [0.15, 0.2) is 72.8 Å². The molecule has 5 nitrogen and oxygen atoms in total. The maximum absolute atomic E-state index is 13.6. The summed E-state index contributed by atoms with van der Waals surface area (Å²) in [4.78, 5) is 26.6. The minimum atomic E-state index is -0.227. The SMILES string of the molecule is Cc1cccc(C(=O)n2c3c(c4ccccc42)CC(C(=O)OCc2ccc(OC(C)C)cc2)CC3)c1. The molecule has 4 aromatic rings. The van der Waals surface area contributed by atoms with Crippen LogP contribution in [0.5, 0.6) is 5.75 Å². The summed E-state index contributed by atoms with van der Waals surface area (Å²) in [5.74, 6) is 0.359. The van der Waals surface area contributed by atoms with Gasteiger partial charge in [0.15, 0.2) is 0 Å². The van der Waals surface area contributed by atoms with Crippen molar-refractivity contribution >= 4 is 22.8 Å². The fraction of sp³-hybridized carbons (Fsp3) is 0.290. The van der Waals surface area contributed by atoms with Gasteiger partial charge in [-0.2, -0.15) is 0 Å². The molecule has 0 saturated carbocycles. The molecule has 1 aromatic heterocycles. The highest BCUT2D eigenvalue weighted by atomic mass is 16.5. The van der Waals surface area contributed by atoms with Gasteiger partial charge in [0.25, 0.3) is 5.91 Å². The molecule has 184 valence electrons.